The third kappa shape index (κ3) is 3.38. The molecule has 0 saturated carbocycles. The van der Waals surface area contributed by atoms with E-state index in [9.17, 15) is 0 Å². The molecule has 0 aromatic carbocycles. The van der Waals surface area contributed by atoms with Gasteiger partial charge in [-0.05, 0) is 18.1 Å². The van der Waals surface area contributed by atoms with Crippen LogP contribution in [0.5, 0.6) is 0 Å². The second kappa shape index (κ2) is 5.48. The minimum absolute atomic E-state index is 0.679. The molecular weight excluding hydrogens is 166 g/mol. The molecule has 1 heterocycles. The maximum Gasteiger partial charge on any atom is 0.148 e. The second-order valence-electron chi connectivity index (χ2n) is 2.72. The van der Waals surface area contributed by atoms with Crippen molar-refractivity contribution in [1.29, 1.82) is 0 Å². The Hall–Kier alpha value is -1.16. The van der Waals surface area contributed by atoms with Gasteiger partial charge < -0.3 is 10.1 Å². The van der Waals surface area contributed by atoms with Crippen LogP contribution in [-0.4, -0.2) is 30.5 Å². The summed E-state index contributed by atoms with van der Waals surface area (Å²) < 4.78 is 4.91. The van der Waals surface area contributed by atoms with Crippen molar-refractivity contribution in [2.75, 3.05) is 25.6 Å². The van der Waals surface area contributed by atoms with E-state index in [0.29, 0.717) is 6.61 Å². The van der Waals surface area contributed by atoms with Crippen molar-refractivity contribution in [1.82, 2.24) is 10.2 Å². The first-order chi connectivity index (χ1) is 6.36. The summed E-state index contributed by atoms with van der Waals surface area (Å²) in [7, 11) is 1.68. The van der Waals surface area contributed by atoms with Gasteiger partial charge in [0.25, 0.3) is 0 Å². The number of hydrogen-bond acceptors (Lipinski definition) is 4. The Morgan fingerprint density at radius 2 is 2.38 bits per heavy atom. The molecule has 72 valence electrons. The standard InChI is InChI=1S/C9H15N3O/c1-3-8-6-9(12-11-7-8)10-4-5-13-2/h6-7H,3-5H2,1-2H3,(H,10,12). The predicted octanol–water partition coefficient (Wildman–Crippen LogP) is 1.10. The molecule has 1 aromatic heterocycles. The first-order valence-corrected chi connectivity index (χ1v) is 4.41. The van der Waals surface area contributed by atoms with Gasteiger partial charge in [-0.25, -0.2) is 0 Å². The van der Waals surface area contributed by atoms with E-state index in [2.05, 4.69) is 22.4 Å². The van der Waals surface area contributed by atoms with Crippen LogP contribution >= 0.6 is 0 Å². The highest BCUT2D eigenvalue weighted by atomic mass is 16.5. The van der Waals surface area contributed by atoms with E-state index in [0.717, 1.165) is 18.8 Å². The highest BCUT2D eigenvalue weighted by Gasteiger charge is 1.95. The largest absolute Gasteiger partial charge is 0.383 e. The zero-order chi connectivity index (χ0) is 9.52. The molecule has 0 bridgehead atoms. The fourth-order valence-corrected chi connectivity index (χ4v) is 0.968. The zero-order valence-corrected chi connectivity index (χ0v) is 8.08. The second-order valence-corrected chi connectivity index (χ2v) is 2.72. The summed E-state index contributed by atoms with van der Waals surface area (Å²) in [6.07, 6.45) is 2.76. The Labute approximate surface area is 78.3 Å². The van der Waals surface area contributed by atoms with E-state index in [1.165, 1.54) is 5.56 Å². The number of nitrogens with one attached hydrogen (secondary N) is 1. The van der Waals surface area contributed by atoms with Crippen molar-refractivity contribution >= 4 is 5.82 Å². The Morgan fingerprint density at radius 1 is 1.54 bits per heavy atom. The van der Waals surface area contributed by atoms with Gasteiger partial charge in [-0.3, -0.25) is 0 Å². The van der Waals surface area contributed by atoms with Crippen LogP contribution in [0, 0.1) is 0 Å². The number of rotatable bonds is 5. The Bertz CT molecular complexity index is 252. The van der Waals surface area contributed by atoms with Gasteiger partial charge in [0, 0.05) is 13.7 Å². The summed E-state index contributed by atoms with van der Waals surface area (Å²) in [6, 6.07) is 2.00. The third-order valence-corrected chi connectivity index (χ3v) is 1.73. The van der Waals surface area contributed by atoms with Crippen LogP contribution in [0.15, 0.2) is 12.3 Å². The summed E-state index contributed by atoms with van der Waals surface area (Å²) in [5.41, 5.74) is 1.19. The number of ether oxygens (including phenoxy) is 1. The van der Waals surface area contributed by atoms with Crippen molar-refractivity contribution in [2.24, 2.45) is 0 Å². The van der Waals surface area contributed by atoms with Gasteiger partial charge in [-0.1, -0.05) is 6.92 Å². The van der Waals surface area contributed by atoms with Crippen LogP contribution in [0.4, 0.5) is 5.82 Å². The van der Waals surface area contributed by atoms with E-state index in [4.69, 9.17) is 4.74 Å². The number of aryl methyl sites for hydroxylation is 1. The number of methoxy groups -OCH3 is 1. The molecule has 1 N–H and O–H groups in total. The molecule has 1 rings (SSSR count). The summed E-state index contributed by atoms with van der Waals surface area (Å²) >= 11 is 0. The van der Waals surface area contributed by atoms with Crippen molar-refractivity contribution in [3.63, 3.8) is 0 Å². The molecule has 0 saturated heterocycles. The summed E-state index contributed by atoms with van der Waals surface area (Å²) in [5, 5.41) is 10.9. The van der Waals surface area contributed by atoms with Gasteiger partial charge >= 0.3 is 0 Å². The zero-order valence-electron chi connectivity index (χ0n) is 8.08. The molecule has 0 atom stereocenters. The molecule has 4 heteroatoms. The topological polar surface area (TPSA) is 47.0 Å². The van der Waals surface area contributed by atoms with Crippen molar-refractivity contribution in [3.8, 4) is 0 Å². The minimum atomic E-state index is 0.679. The van der Waals surface area contributed by atoms with Gasteiger partial charge in [0.2, 0.25) is 0 Å². The SMILES string of the molecule is CCc1cnnc(NCCOC)c1. The number of nitrogens with zero attached hydrogens (tertiary/aromatic N) is 2. The number of hydrogen-bond donors (Lipinski definition) is 1. The van der Waals surface area contributed by atoms with Gasteiger partial charge in [0.05, 0.1) is 12.8 Å². The van der Waals surface area contributed by atoms with E-state index >= 15 is 0 Å². The van der Waals surface area contributed by atoms with Crippen LogP contribution in [-0.2, 0) is 11.2 Å². The molecule has 0 aliphatic carbocycles. The van der Waals surface area contributed by atoms with E-state index < -0.39 is 0 Å². The van der Waals surface area contributed by atoms with Gasteiger partial charge in [0.15, 0.2) is 0 Å². The smallest absolute Gasteiger partial charge is 0.148 e. The van der Waals surface area contributed by atoms with E-state index in [1.807, 2.05) is 6.07 Å². The highest BCUT2D eigenvalue weighted by Crippen LogP contribution is 2.04. The van der Waals surface area contributed by atoms with Crippen molar-refractivity contribution in [3.05, 3.63) is 17.8 Å². The van der Waals surface area contributed by atoms with E-state index in [-0.39, 0.29) is 0 Å². The van der Waals surface area contributed by atoms with Gasteiger partial charge in [-0.15, -0.1) is 5.10 Å². The van der Waals surface area contributed by atoms with Gasteiger partial charge in [0.1, 0.15) is 5.82 Å². The third-order valence-electron chi connectivity index (χ3n) is 1.73. The highest BCUT2D eigenvalue weighted by molar-refractivity contribution is 5.35. The Balaban J connectivity index is 2.46. The summed E-state index contributed by atoms with van der Waals surface area (Å²) in [5.74, 6) is 0.816. The molecular formula is C9H15N3O. The fraction of sp³-hybridized carbons (Fsp3) is 0.556. The van der Waals surface area contributed by atoms with Crippen molar-refractivity contribution < 1.29 is 4.74 Å². The maximum absolute atomic E-state index is 4.91. The van der Waals surface area contributed by atoms with Crippen LogP contribution in [0.3, 0.4) is 0 Å². The molecule has 0 fully saturated rings. The van der Waals surface area contributed by atoms with Crippen LogP contribution in [0.2, 0.25) is 0 Å². The lowest BCUT2D eigenvalue weighted by molar-refractivity contribution is 0.210. The van der Waals surface area contributed by atoms with E-state index in [1.54, 1.807) is 13.3 Å². The quantitative estimate of drug-likeness (QED) is 0.691. The van der Waals surface area contributed by atoms with Gasteiger partial charge in [-0.2, -0.15) is 5.10 Å². The Morgan fingerprint density at radius 3 is 3.08 bits per heavy atom. The first-order valence-electron chi connectivity index (χ1n) is 4.41. The molecule has 0 radical (unpaired) electrons. The molecule has 13 heavy (non-hydrogen) atoms. The normalized spacial score (nSPS) is 10.0. The van der Waals surface area contributed by atoms with Crippen LogP contribution < -0.4 is 5.32 Å². The Kier molecular flexibility index (Phi) is 4.18. The maximum atomic E-state index is 4.91. The molecule has 0 amide bonds. The number of anilines is 1. The monoisotopic (exact) mass is 181 g/mol. The van der Waals surface area contributed by atoms with Crippen LogP contribution in [0.1, 0.15) is 12.5 Å². The lowest BCUT2D eigenvalue weighted by Gasteiger charge is -2.04. The molecule has 0 spiro atoms. The molecule has 1 aromatic rings. The molecule has 0 aliphatic rings. The fourth-order valence-electron chi connectivity index (χ4n) is 0.968. The summed E-state index contributed by atoms with van der Waals surface area (Å²) in [4.78, 5) is 0. The minimum Gasteiger partial charge on any atom is -0.383 e. The summed E-state index contributed by atoms with van der Waals surface area (Å²) in [6.45, 7) is 3.53. The molecule has 0 aliphatic heterocycles. The van der Waals surface area contributed by atoms with Crippen LogP contribution in [0.25, 0.3) is 0 Å². The molecule has 0 unspecified atom stereocenters. The number of aromatic nitrogens is 2. The van der Waals surface area contributed by atoms with Crippen molar-refractivity contribution in [2.45, 2.75) is 13.3 Å². The lowest BCUT2D eigenvalue weighted by Crippen LogP contribution is -2.09. The molecule has 4 nitrogen and oxygen atoms in total. The first kappa shape index (κ1) is 9.92. The average Bonchev–Trinajstić information content (AvgIpc) is 2.19. The average molecular weight is 181 g/mol. The predicted molar refractivity (Wildman–Crippen MR) is 51.8 cm³/mol. The lowest BCUT2D eigenvalue weighted by atomic mass is 10.2.